The molecular weight excluding hydrogens is 410 g/mol. The van der Waals surface area contributed by atoms with Gasteiger partial charge in [0.1, 0.15) is 0 Å². The van der Waals surface area contributed by atoms with Gasteiger partial charge in [-0.3, -0.25) is 0 Å². The summed E-state index contributed by atoms with van der Waals surface area (Å²) in [5, 5.41) is 0. The molecule has 7 heteroatoms. The highest BCUT2D eigenvalue weighted by molar-refractivity contribution is 5.63. The van der Waals surface area contributed by atoms with Gasteiger partial charge in [0.15, 0.2) is 23.0 Å². The topological polar surface area (TPSA) is 81.4 Å². The minimum Gasteiger partial charge on any atom is -0.493 e. The first-order chi connectivity index (χ1) is 15.5. The molecule has 1 fully saturated rings. The number of methoxy groups -OCH3 is 5. The Bertz CT molecular complexity index is 891. The van der Waals surface area contributed by atoms with E-state index in [2.05, 4.69) is 6.92 Å². The molecule has 176 valence electrons. The lowest BCUT2D eigenvalue weighted by Crippen LogP contribution is -2.21. The molecule has 2 aromatic carbocycles. The monoisotopic (exact) mass is 445 g/mol. The molecule has 0 bridgehead atoms. The van der Waals surface area contributed by atoms with E-state index in [0.29, 0.717) is 41.0 Å². The van der Waals surface area contributed by atoms with E-state index in [4.69, 9.17) is 34.2 Å². The number of nitrogen functional groups attached to an aromatic ring is 1. The molecule has 3 rings (SSSR count). The Morgan fingerprint density at radius 3 is 1.69 bits per heavy atom. The SMILES string of the molecule is CCCOc1c(N)cc([C@@H]2CC[C@@H](c3cc(OC)c(OC)c(OC)c3)[C@@H]2OC)cc1OC. The molecule has 32 heavy (non-hydrogen) atoms. The molecule has 7 nitrogen and oxygen atoms in total. The summed E-state index contributed by atoms with van der Waals surface area (Å²) >= 11 is 0. The predicted octanol–water partition coefficient (Wildman–Crippen LogP) is 4.77. The first kappa shape index (κ1) is 23.9. The lowest BCUT2D eigenvalue weighted by molar-refractivity contribution is 0.0805. The van der Waals surface area contributed by atoms with Crippen LogP contribution in [0, 0.1) is 0 Å². The summed E-state index contributed by atoms with van der Waals surface area (Å²) in [5.41, 5.74) is 9.12. The van der Waals surface area contributed by atoms with Gasteiger partial charge in [0.05, 0.1) is 46.8 Å². The number of hydrogen-bond donors (Lipinski definition) is 1. The van der Waals surface area contributed by atoms with E-state index in [1.165, 1.54) is 0 Å². The molecule has 0 heterocycles. The largest absolute Gasteiger partial charge is 0.493 e. The van der Waals surface area contributed by atoms with Crippen LogP contribution in [-0.2, 0) is 4.74 Å². The van der Waals surface area contributed by atoms with E-state index >= 15 is 0 Å². The molecule has 0 amide bonds. The molecule has 0 aliphatic heterocycles. The van der Waals surface area contributed by atoms with Crippen LogP contribution in [0.2, 0.25) is 0 Å². The number of ether oxygens (including phenoxy) is 6. The first-order valence-corrected chi connectivity index (χ1v) is 11.0. The third-order valence-electron chi connectivity index (χ3n) is 6.17. The molecule has 3 atom stereocenters. The Morgan fingerprint density at radius 1 is 0.750 bits per heavy atom. The van der Waals surface area contributed by atoms with Gasteiger partial charge in [0.2, 0.25) is 5.75 Å². The van der Waals surface area contributed by atoms with Crippen molar-refractivity contribution in [3.63, 3.8) is 0 Å². The fourth-order valence-electron chi connectivity index (χ4n) is 4.69. The number of rotatable bonds is 10. The molecule has 0 radical (unpaired) electrons. The van der Waals surface area contributed by atoms with Crippen molar-refractivity contribution >= 4 is 5.69 Å². The van der Waals surface area contributed by atoms with Crippen LogP contribution >= 0.6 is 0 Å². The smallest absolute Gasteiger partial charge is 0.203 e. The molecule has 0 aromatic heterocycles. The van der Waals surface area contributed by atoms with Gasteiger partial charge in [-0.05, 0) is 54.7 Å². The molecule has 1 saturated carbocycles. The third kappa shape index (κ3) is 4.53. The van der Waals surface area contributed by atoms with Crippen molar-refractivity contribution in [3.05, 3.63) is 35.4 Å². The Morgan fingerprint density at radius 2 is 1.25 bits per heavy atom. The van der Waals surface area contributed by atoms with Crippen LogP contribution < -0.4 is 29.4 Å². The van der Waals surface area contributed by atoms with Crippen LogP contribution in [-0.4, -0.2) is 48.3 Å². The summed E-state index contributed by atoms with van der Waals surface area (Å²) in [6.45, 7) is 2.65. The second-order valence-corrected chi connectivity index (χ2v) is 7.94. The number of hydrogen-bond acceptors (Lipinski definition) is 7. The van der Waals surface area contributed by atoms with E-state index in [0.717, 1.165) is 30.4 Å². The minimum atomic E-state index is -0.0377. The molecule has 2 N–H and O–H groups in total. The van der Waals surface area contributed by atoms with Crippen molar-refractivity contribution in [2.75, 3.05) is 47.9 Å². The highest BCUT2D eigenvalue weighted by Gasteiger charge is 2.39. The van der Waals surface area contributed by atoms with E-state index in [1.807, 2.05) is 24.3 Å². The zero-order valence-corrected chi connectivity index (χ0v) is 19.9. The van der Waals surface area contributed by atoms with Gasteiger partial charge in [0, 0.05) is 18.9 Å². The van der Waals surface area contributed by atoms with Gasteiger partial charge >= 0.3 is 0 Å². The summed E-state index contributed by atoms with van der Waals surface area (Å²) in [7, 11) is 8.26. The second kappa shape index (κ2) is 10.7. The number of benzene rings is 2. The maximum absolute atomic E-state index is 6.35. The zero-order valence-electron chi connectivity index (χ0n) is 19.9. The zero-order chi connectivity index (χ0) is 23.3. The second-order valence-electron chi connectivity index (χ2n) is 7.94. The van der Waals surface area contributed by atoms with Crippen LogP contribution in [0.5, 0.6) is 28.7 Å². The van der Waals surface area contributed by atoms with Crippen LogP contribution in [0.25, 0.3) is 0 Å². The van der Waals surface area contributed by atoms with Crippen molar-refractivity contribution in [1.82, 2.24) is 0 Å². The lowest BCUT2D eigenvalue weighted by Gasteiger charge is -2.26. The van der Waals surface area contributed by atoms with Crippen molar-refractivity contribution in [1.29, 1.82) is 0 Å². The summed E-state index contributed by atoms with van der Waals surface area (Å²) < 4.78 is 34.0. The van der Waals surface area contributed by atoms with Crippen LogP contribution in [0.1, 0.15) is 49.1 Å². The van der Waals surface area contributed by atoms with Crippen molar-refractivity contribution in [2.24, 2.45) is 0 Å². The molecule has 0 spiro atoms. The van der Waals surface area contributed by atoms with Gasteiger partial charge in [-0.1, -0.05) is 6.92 Å². The molecular formula is C25H35NO6. The van der Waals surface area contributed by atoms with E-state index in [9.17, 15) is 0 Å². The Kier molecular flexibility index (Phi) is 7.96. The standard InChI is InChI=1S/C25H35NO6/c1-7-10-32-24-19(26)11-15(12-20(24)27-2)17-8-9-18(23(17)30-5)16-13-21(28-3)25(31-6)22(14-16)29-4/h11-14,17-18,23H,7-10,26H2,1-6H3/t17-,18-,23+/m0/s1. The number of nitrogens with two attached hydrogens (primary N) is 1. The highest BCUT2D eigenvalue weighted by atomic mass is 16.5. The van der Waals surface area contributed by atoms with Crippen LogP contribution in [0.15, 0.2) is 24.3 Å². The quantitative estimate of drug-likeness (QED) is 0.528. The lowest BCUT2D eigenvalue weighted by atomic mass is 9.89. The fourth-order valence-corrected chi connectivity index (χ4v) is 4.69. The van der Waals surface area contributed by atoms with Gasteiger partial charge in [0.25, 0.3) is 0 Å². The summed E-state index contributed by atoms with van der Waals surface area (Å²) in [4.78, 5) is 0. The highest BCUT2D eigenvalue weighted by Crippen LogP contribution is 2.50. The van der Waals surface area contributed by atoms with Gasteiger partial charge in [-0.15, -0.1) is 0 Å². The first-order valence-electron chi connectivity index (χ1n) is 11.0. The molecule has 0 unspecified atom stereocenters. The van der Waals surface area contributed by atoms with Crippen molar-refractivity contribution in [3.8, 4) is 28.7 Å². The Hall–Kier alpha value is -2.80. The molecule has 1 aliphatic rings. The number of anilines is 1. The summed E-state index contributed by atoms with van der Waals surface area (Å²) in [6, 6.07) is 8.03. The van der Waals surface area contributed by atoms with E-state index in [-0.39, 0.29) is 17.9 Å². The van der Waals surface area contributed by atoms with Crippen molar-refractivity contribution < 1.29 is 28.4 Å². The normalized spacial score (nSPS) is 20.1. The molecule has 2 aromatic rings. The predicted molar refractivity (Wildman–Crippen MR) is 125 cm³/mol. The van der Waals surface area contributed by atoms with Crippen LogP contribution in [0.3, 0.4) is 0 Å². The summed E-state index contributed by atoms with van der Waals surface area (Å²) in [6.07, 6.45) is 2.77. The molecule has 1 aliphatic carbocycles. The van der Waals surface area contributed by atoms with Crippen LogP contribution in [0.4, 0.5) is 5.69 Å². The van der Waals surface area contributed by atoms with Gasteiger partial charge < -0.3 is 34.2 Å². The Labute approximate surface area is 190 Å². The average Bonchev–Trinajstić information content (AvgIpc) is 3.25. The summed E-state index contributed by atoms with van der Waals surface area (Å²) in [5.74, 6) is 3.46. The van der Waals surface area contributed by atoms with Gasteiger partial charge in [-0.2, -0.15) is 0 Å². The minimum absolute atomic E-state index is 0.0377. The van der Waals surface area contributed by atoms with E-state index in [1.54, 1.807) is 35.5 Å². The Balaban J connectivity index is 1.96. The van der Waals surface area contributed by atoms with Crippen molar-refractivity contribution in [2.45, 2.75) is 44.1 Å². The molecule has 0 saturated heterocycles. The van der Waals surface area contributed by atoms with E-state index < -0.39 is 0 Å². The maximum Gasteiger partial charge on any atom is 0.203 e. The van der Waals surface area contributed by atoms with Gasteiger partial charge in [-0.25, -0.2) is 0 Å². The maximum atomic E-state index is 6.35. The average molecular weight is 446 g/mol. The fraction of sp³-hybridized carbons (Fsp3) is 0.520. The third-order valence-corrected chi connectivity index (χ3v) is 6.17.